The van der Waals surface area contributed by atoms with Gasteiger partial charge in [0.2, 0.25) is 11.9 Å². The first kappa shape index (κ1) is 21.0. The minimum atomic E-state index is -2.57. The maximum absolute atomic E-state index is 13.6. The molecule has 0 aliphatic carbocycles. The Morgan fingerprint density at radius 3 is 2.59 bits per heavy atom. The standard InChI is InChI=1S/C22H27F2N5O3/c1-14-11-19-17(12-16(14)20(23)24)28(7-10-32-19)21-18-13-27(15(2)30)3-4-29(18)22(25-21)26-5-8-31-9-6-26/h11-12,20H,3-10,13H2,1-2H3. The van der Waals surface area contributed by atoms with Gasteiger partial charge in [0.15, 0.2) is 5.82 Å². The van der Waals surface area contributed by atoms with Gasteiger partial charge in [-0.05, 0) is 24.6 Å². The normalized spacial score (nSPS) is 18.5. The number of carbonyl (C=O) groups excluding carboxylic acids is 1. The number of alkyl halides is 2. The van der Waals surface area contributed by atoms with Crippen molar-refractivity contribution in [2.45, 2.75) is 33.4 Å². The summed E-state index contributed by atoms with van der Waals surface area (Å²) in [4.78, 5) is 23.1. The third-order valence-electron chi connectivity index (χ3n) is 6.41. The summed E-state index contributed by atoms with van der Waals surface area (Å²) in [6.07, 6.45) is -2.57. The Morgan fingerprint density at radius 2 is 1.88 bits per heavy atom. The molecule has 32 heavy (non-hydrogen) atoms. The van der Waals surface area contributed by atoms with Gasteiger partial charge in [-0.2, -0.15) is 4.98 Å². The molecule has 0 atom stereocenters. The van der Waals surface area contributed by atoms with Crippen LogP contribution in [0.5, 0.6) is 5.75 Å². The van der Waals surface area contributed by atoms with E-state index in [4.69, 9.17) is 14.5 Å². The van der Waals surface area contributed by atoms with E-state index < -0.39 is 6.43 Å². The van der Waals surface area contributed by atoms with E-state index in [9.17, 15) is 13.6 Å². The van der Waals surface area contributed by atoms with E-state index in [2.05, 4.69) is 9.47 Å². The molecule has 0 spiro atoms. The number of nitrogens with zero attached hydrogens (tertiary/aromatic N) is 5. The Balaban J connectivity index is 1.62. The van der Waals surface area contributed by atoms with Crippen molar-refractivity contribution >= 4 is 23.4 Å². The number of rotatable bonds is 3. The summed E-state index contributed by atoms with van der Waals surface area (Å²) in [7, 11) is 0. The molecule has 0 radical (unpaired) electrons. The SMILES string of the molecule is CC(=O)N1CCn2c(N3CCOCC3)nc(N3CCOc4cc(C)c(C(F)F)cc43)c2C1. The molecular formula is C22H27F2N5O3. The molecule has 5 rings (SSSR count). The van der Waals surface area contributed by atoms with Crippen molar-refractivity contribution in [3.8, 4) is 5.75 Å². The van der Waals surface area contributed by atoms with Crippen molar-refractivity contribution in [3.63, 3.8) is 0 Å². The van der Waals surface area contributed by atoms with E-state index in [1.165, 1.54) is 6.07 Å². The largest absolute Gasteiger partial charge is 0.490 e. The summed E-state index contributed by atoms with van der Waals surface area (Å²) >= 11 is 0. The van der Waals surface area contributed by atoms with Crippen LogP contribution in [0.25, 0.3) is 0 Å². The molecule has 1 fully saturated rings. The molecule has 0 unspecified atom stereocenters. The van der Waals surface area contributed by atoms with Crippen molar-refractivity contribution < 1.29 is 23.0 Å². The molecule has 1 saturated heterocycles. The van der Waals surface area contributed by atoms with Gasteiger partial charge in [-0.3, -0.25) is 4.79 Å². The van der Waals surface area contributed by atoms with Crippen molar-refractivity contribution in [3.05, 3.63) is 29.0 Å². The average molecular weight is 447 g/mol. The van der Waals surface area contributed by atoms with Gasteiger partial charge in [-0.25, -0.2) is 8.78 Å². The summed E-state index contributed by atoms with van der Waals surface area (Å²) in [5.74, 6) is 2.13. The van der Waals surface area contributed by atoms with Crippen LogP contribution in [0.1, 0.15) is 30.2 Å². The number of hydrogen-bond donors (Lipinski definition) is 0. The highest BCUT2D eigenvalue weighted by Crippen LogP contribution is 2.43. The zero-order chi connectivity index (χ0) is 22.4. The number of anilines is 3. The second-order valence-corrected chi connectivity index (χ2v) is 8.35. The maximum Gasteiger partial charge on any atom is 0.264 e. The Bertz CT molecular complexity index is 1040. The number of amides is 1. The fraction of sp³-hybridized carbons (Fsp3) is 0.545. The van der Waals surface area contributed by atoms with E-state index in [0.717, 1.165) is 24.7 Å². The monoisotopic (exact) mass is 447 g/mol. The van der Waals surface area contributed by atoms with Gasteiger partial charge in [-0.15, -0.1) is 0 Å². The highest BCUT2D eigenvalue weighted by atomic mass is 19.3. The number of benzene rings is 1. The Kier molecular flexibility index (Phi) is 5.40. The van der Waals surface area contributed by atoms with Gasteiger partial charge >= 0.3 is 0 Å². The number of ether oxygens (including phenoxy) is 2. The minimum Gasteiger partial charge on any atom is -0.490 e. The van der Waals surface area contributed by atoms with Gasteiger partial charge in [0.1, 0.15) is 12.4 Å². The molecular weight excluding hydrogens is 420 g/mol. The van der Waals surface area contributed by atoms with Crippen LogP contribution in [-0.4, -0.2) is 66.4 Å². The van der Waals surface area contributed by atoms with E-state index >= 15 is 0 Å². The number of carbonyl (C=O) groups is 1. The lowest BCUT2D eigenvalue weighted by Gasteiger charge is -2.34. The zero-order valence-corrected chi connectivity index (χ0v) is 18.3. The highest BCUT2D eigenvalue weighted by Gasteiger charge is 2.33. The zero-order valence-electron chi connectivity index (χ0n) is 18.3. The number of halogens is 2. The number of morpholine rings is 1. The number of aryl methyl sites for hydroxylation is 1. The molecule has 0 N–H and O–H groups in total. The molecule has 3 aliphatic heterocycles. The van der Waals surface area contributed by atoms with Gasteiger partial charge in [-0.1, -0.05) is 0 Å². The molecule has 1 aromatic carbocycles. The molecule has 4 heterocycles. The van der Waals surface area contributed by atoms with E-state index in [0.29, 0.717) is 68.8 Å². The average Bonchev–Trinajstić information content (AvgIpc) is 3.17. The molecule has 8 nitrogen and oxygen atoms in total. The third kappa shape index (κ3) is 3.56. The third-order valence-corrected chi connectivity index (χ3v) is 6.41. The molecule has 1 aromatic heterocycles. The van der Waals surface area contributed by atoms with Crippen LogP contribution in [0.15, 0.2) is 12.1 Å². The lowest BCUT2D eigenvalue weighted by molar-refractivity contribution is -0.130. The minimum absolute atomic E-state index is 0.00825. The lowest BCUT2D eigenvalue weighted by atomic mass is 10.1. The Morgan fingerprint density at radius 1 is 1.09 bits per heavy atom. The van der Waals surface area contributed by atoms with Crippen LogP contribution >= 0.6 is 0 Å². The summed E-state index contributed by atoms with van der Waals surface area (Å²) in [5, 5.41) is 0. The van der Waals surface area contributed by atoms with E-state index in [1.54, 1.807) is 24.8 Å². The Hall–Kier alpha value is -2.88. The van der Waals surface area contributed by atoms with Gasteiger partial charge in [0.05, 0.1) is 37.7 Å². The number of imidazole rings is 1. The molecule has 10 heteroatoms. The van der Waals surface area contributed by atoms with Gasteiger partial charge in [0, 0.05) is 38.7 Å². The summed E-state index contributed by atoms with van der Waals surface area (Å²) < 4.78 is 40.8. The number of hydrogen-bond acceptors (Lipinski definition) is 6. The van der Waals surface area contributed by atoms with Crippen LogP contribution in [0.2, 0.25) is 0 Å². The van der Waals surface area contributed by atoms with Crippen LogP contribution in [0.3, 0.4) is 0 Å². The second-order valence-electron chi connectivity index (χ2n) is 8.35. The van der Waals surface area contributed by atoms with Crippen LogP contribution in [-0.2, 0) is 22.6 Å². The molecule has 0 saturated carbocycles. The summed E-state index contributed by atoms with van der Waals surface area (Å²) in [5.41, 5.74) is 2.00. The second kappa shape index (κ2) is 8.23. The van der Waals surface area contributed by atoms with Crippen LogP contribution in [0, 0.1) is 6.92 Å². The van der Waals surface area contributed by atoms with Crippen LogP contribution in [0.4, 0.5) is 26.2 Å². The first-order valence-corrected chi connectivity index (χ1v) is 10.9. The predicted molar refractivity (Wildman–Crippen MR) is 115 cm³/mol. The first-order chi connectivity index (χ1) is 15.4. The first-order valence-electron chi connectivity index (χ1n) is 10.9. The van der Waals surface area contributed by atoms with Gasteiger partial charge < -0.3 is 28.7 Å². The number of fused-ring (bicyclic) bond motifs is 2. The Labute approximate surface area is 185 Å². The lowest BCUT2D eigenvalue weighted by Crippen LogP contribution is -2.41. The fourth-order valence-corrected chi connectivity index (χ4v) is 4.66. The predicted octanol–water partition coefficient (Wildman–Crippen LogP) is 2.86. The van der Waals surface area contributed by atoms with Crippen molar-refractivity contribution in [2.75, 3.05) is 55.8 Å². The topological polar surface area (TPSA) is 63.1 Å². The van der Waals surface area contributed by atoms with E-state index in [-0.39, 0.29) is 11.5 Å². The summed E-state index contributed by atoms with van der Waals surface area (Å²) in [6.45, 7) is 8.58. The van der Waals surface area contributed by atoms with Crippen molar-refractivity contribution in [2.24, 2.45) is 0 Å². The molecule has 172 valence electrons. The van der Waals surface area contributed by atoms with E-state index in [1.807, 2.05) is 4.90 Å². The van der Waals surface area contributed by atoms with Crippen LogP contribution < -0.4 is 14.5 Å². The van der Waals surface area contributed by atoms with Gasteiger partial charge in [0.25, 0.3) is 6.43 Å². The molecule has 0 bridgehead atoms. The van der Waals surface area contributed by atoms with Crippen molar-refractivity contribution in [1.82, 2.24) is 14.5 Å². The summed E-state index contributed by atoms with van der Waals surface area (Å²) in [6, 6.07) is 3.19. The molecule has 1 amide bonds. The fourth-order valence-electron chi connectivity index (χ4n) is 4.66. The maximum atomic E-state index is 13.6. The molecule has 3 aliphatic rings. The number of aromatic nitrogens is 2. The highest BCUT2D eigenvalue weighted by molar-refractivity contribution is 5.75. The quantitative estimate of drug-likeness (QED) is 0.721. The molecule has 2 aromatic rings. The van der Waals surface area contributed by atoms with Crippen molar-refractivity contribution in [1.29, 1.82) is 0 Å². The smallest absolute Gasteiger partial charge is 0.264 e.